The Morgan fingerprint density at radius 2 is 1.83 bits per heavy atom. The van der Waals surface area contributed by atoms with Crippen LogP contribution in [0.3, 0.4) is 0 Å². The molecule has 0 aromatic rings. The van der Waals surface area contributed by atoms with Gasteiger partial charge in [-0.2, -0.15) is 0 Å². The average Bonchev–Trinajstić information content (AvgIpc) is 1.86. The molecule has 0 N–H and O–H groups in total. The lowest BCUT2D eigenvalue weighted by Crippen LogP contribution is -2.12. The third-order valence-corrected chi connectivity index (χ3v) is 2.07. The molecule has 0 aliphatic heterocycles. The van der Waals surface area contributed by atoms with E-state index in [2.05, 4.69) is 0 Å². The van der Waals surface area contributed by atoms with Crippen LogP contribution in [0.4, 0.5) is 8.78 Å². The predicted molar refractivity (Wildman–Crippen MR) is 45.1 cm³/mol. The van der Waals surface area contributed by atoms with Gasteiger partial charge in [0.1, 0.15) is 0 Å². The van der Waals surface area contributed by atoms with Crippen LogP contribution in [0.1, 0.15) is 6.92 Å². The third kappa shape index (κ3) is 3.25. The molecule has 0 fully saturated rings. The Hall–Kier alpha value is 0.140. The van der Waals surface area contributed by atoms with E-state index in [9.17, 15) is 13.6 Å². The van der Waals surface area contributed by atoms with Crippen LogP contribution < -0.4 is 0 Å². The molecule has 0 saturated heterocycles. The molecule has 12 heavy (non-hydrogen) atoms. The lowest BCUT2D eigenvalue weighted by atomic mass is 10.2. The lowest BCUT2D eigenvalue weighted by molar-refractivity contribution is -0.106. The molecule has 70 valence electrons. The van der Waals surface area contributed by atoms with Gasteiger partial charge in [-0.25, -0.2) is 8.78 Å². The second-order valence-corrected chi connectivity index (χ2v) is 4.28. The Bertz CT molecular complexity index is 207. The minimum absolute atomic E-state index is 0.0120. The summed E-state index contributed by atoms with van der Waals surface area (Å²) >= 11 is 15.8. The van der Waals surface area contributed by atoms with E-state index < -0.39 is 15.8 Å². The van der Waals surface area contributed by atoms with Crippen LogP contribution in [0, 0.1) is 0 Å². The highest BCUT2D eigenvalue weighted by molar-refractivity contribution is 6.69. The molecule has 0 spiro atoms. The third-order valence-electron chi connectivity index (χ3n) is 1.22. The van der Waals surface area contributed by atoms with Gasteiger partial charge in [0.05, 0.1) is 5.57 Å². The number of aldehydes is 1. The highest BCUT2D eigenvalue weighted by Gasteiger charge is 2.28. The lowest BCUT2D eigenvalue weighted by Gasteiger charge is -2.13. The van der Waals surface area contributed by atoms with Crippen molar-refractivity contribution in [2.45, 2.75) is 17.1 Å². The number of rotatable bonds is 2. The van der Waals surface area contributed by atoms with Gasteiger partial charge in [-0.05, 0) is 12.5 Å². The molecule has 6 heteroatoms. The standard InChI is InChI=1S/C6H5Cl3F2O/c1-3(6(7,8)9)4(2-12)5(10)11/h2,5H,1H3/b4-3-. The molecule has 0 rings (SSSR count). The summed E-state index contributed by atoms with van der Waals surface area (Å²) in [6.07, 6.45) is -2.93. The molecule has 0 aliphatic carbocycles. The second-order valence-electron chi connectivity index (χ2n) is 2.00. The van der Waals surface area contributed by atoms with E-state index in [-0.39, 0.29) is 11.9 Å². The van der Waals surface area contributed by atoms with Crippen molar-refractivity contribution in [2.75, 3.05) is 0 Å². The van der Waals surface area contributed by atoms with Gasteiger partial charge in [-0.3, -0.25) is 4.79 Å². The first-order valence-corrected chi connectivity index (χ1v) is 3.95. The van der Waals surface area contributed by atoms with Crippen LogP contribution in [-0.2, 0) is 4.79 Å². The zero-order valence-corrected chi connectivity index (χ0v) is 8.22. The summed E-state index contributed by atoms with van der Waals surface area (Å²) in [4.78, 5) is 10.1. The molecular weight excluding hydrogens is 232 g/mol. The Balaban J connectivity index is 4.98. The minimum Gasteiger partial charge on any atom is -0.298 e. The zero-order chi connectivity index (χ0) is 9.94. The molecule has 0 saturated carbocycles. The molecule has 0 amide bonds. The van der Waals surface area contributed by atoms with E-state index in [4.69, 9.17) is 34.8 Å². The fraction of sp³-hybridized carbons (Fsp3) is 0.500. The van der Waals surface area contributed by atoms with Crippen molar-refractivity contribution in [2.24, 2.45) is 0 Å². The maximum atomic E-state index is 12.0. The normalized spacial score (nSPS) is 14.6. The van der Waals surface area contributed by atoms with Crippen molar-refractivity contribution in [3.8, 4) is 0 Å². The first-order valence-electron chi connectivity index (χ1n) is 2.82. The van der Waals surface area contributed by atoms with Gasteiger partial charge in [0.15, 0.2) is 6.29 Å². The molecular formula is C6H5Cl3F2O. The maximum absolute atomic E-state index is 12.0. The summed E-state index contributed by atoms with van der Waals surface area (Å²) in [6, 6.07) is 0. The van der Waals surface area contributed by atoms with Crippen molar-refractivity contribution < 1.29 is 13.6 Å². The Morgan fingerprint density at radius 1 is 1.42 bits per heavy atom. The molecule has 0 heterocycles. The fourth-order valence-corrected chi connectivity index (χ4v) is 0.794. The molecule has 0 aliphatic rings. The summed E-state index contributed by atoms with van der Waals surface area (Å²) in [5.41, 5.74) is -1.03. The summed E-state index contributed by atoms with van der Waals surface area (Å²) < 4.78 is 22.1. The number of alkyl halides is 5. The largest absolute Gasteiger partial charge is 0.298 e. The summed E-state index contributed by atoms with van der Waals surface area (Å²) in [7, 11) is 0. The Kier molecular flexibility index (Phi) is 4.45. The second kappa shape index (κ2) is 4.40. The van der Waals surface area contributed by atoms with Crippen molar-refractivity contribution in [1.29, 1.82) is 0 Å². The van der Waals surface area contributed by atoms with Crippen LogP contribution in [0.5, 0.6) is 0 Å². The number of carbonyl (C=O) groups excluding carboxylic acids is 1. The maximum Gasteiger partial charge on any atom is 0.267 e. The average molecular weight is 237 g/mol. The zero-order valence-electron chi connectivity index (χ0n) is 5.95. The summed E-state index contributed by atoms with van der Waals surface area (Å²) in [6.45, 7) is 1.17. The van der Waals surface area contributed by atoms with E-state index in [0.29, 0.717) is 0 Å². The summed E-state index contributed by atoms with van der Waals surface area (Å²) in [5.74, 6) is 0. The van der Waals surface area contributed by atoms with Crippen molar-refractivity contribution in [3.63, 3.8) is 0 Å². The van der Waals surface area contributed by atoms with Crippen LogP contribution in [0.2, 0.25) is 0 Å². The monoisotopic (exact) mass is 236 g/mol. The van der Waals surface area contributed by atoms with Crippen LogP contribution in [-0.4, -0.2) is 16.5 Å². The molecule has 0 unspecified atom stereocenters. The fourth-order valence-electron chi connectivity index (χ4n) is 0.467. The Labute approximate surface area is 83.3 Å². The molecule has 0 atom stereocenters. The SMILES string of the molecule is C/C(=C(\C=O)C(F)F)C(Cl)(Cl)Cl. The smallest absolute Gasteiger partial charge is 0.267 e. The van der Waals surface area contributed by atoms with E-state index in [1.165, 1.54) is 6.92 Å². The first kappa shape index (κ1) is 12.1. The minimum atomic E-state index is -2.92. The molecule has 0 aromatic carbocycles. The van der Waals surface area contributed by atoms with Gasteiger partial charge in [0.25, 0.3) is 6.43 Å². The first-order chi connectivity index (χ1) is 5.30. The summed E-state index contributed by atoms with van der Waals surface area (Å²) in [5, 5.41) is 0. The van der Waals surface area contributed by atoms with Crippen LogP contribution in [0.15, 0.2) is 11.1 Å². The number of halogens is 5. The topological polar surface area (TPSA) is 17.1 Å². The van der Waals surface area contributed by atoms with Crippen molar-refractivity contribution in [1.82, 2.24) is 0 Å². The Morgan fingerprint density at radius 3 is 1.92 bits per heavy atom. The van der Waals surface area contributed by atoms with Gasteiger partial charge in [0.2, 0.25) is 3.79 Å². The van der Waals surface area contributed by atoms with E-state index >= 15 is 0 Å². The van der Waals surface area contributed by atoms with Crippen LogP contribution in [0.25, 0.3) is 0 Å². The number of allylic oxidation sites excluding steroid dienone is 2. The number of hydrogen-bond acceptors (Lipinski definition) is 1. The van der Waals surface area contributed by atoms with E-state index in [0.717, 1.165) is 0 Å². The van der Waals surface area contributed by atoms with Gasteiger partial charge in [-0.1, -0.05) is 34.8 Å². The van der Waals surface area contributed by atoms with E-state index in [1.807, 2.05) is 0 Å². The highest BCUT2D eigenvalue weighted by Crippen LogP contribution is 2.36. The molecule has 0 radical (unpaired) electrons. The molecule has 0 bridgehead atoms. The van der Waals surface area contributed by atoms with Gasteiger partial charge >= 0.3 is 0 Å². The van der Waals surface area contributed by atoms with Gasteiger partial charge in [0, 0.05) is 0 Å². The van der Waals surface area contributed by atoms with Crippen LogP contribution >= 0.6 is 34.8 Å². The van der Waals surface area contributed by atoms with Gasteiger partial charge in [-0.15, -0.1) is 0 Å². The highest BCUT2D eigenvalue weighted by atomic mass is 35.6. The predicted octanol–water partition coefficient (Wildman–Crippen LogP) is 3.14. The number of carbonyl (C=O) groups is 1. The quantitative estimate of drug-likeness (QED) is 0.410. The van der Waals surface area contributed by atoms with E-state index in [1.54, 1.807) is 0 Å². The van der Waals surface area contributed by atoms with Crippen molar-refractivity contribution >= 4 is 41.1 Å². The molecule has 1 nitrogen and oxygen atoms in total. The molecule has 0 aromatic heterocycles. The van der Waals surface area contributed by atoms with Crippen molar-refractivity contribution in [3.05, 3.63) is 11.1 Å². The van der Waals surface area contributed by atoms with Gasteiger partial charge < -0.3 is 0 Å². The number of hydrogen-bond donors (Lipinski definition) is 0.